The van der Waals surface area contributed by atoms with Gasteiger partial charge in [0.15, 0.2) is 5.96 Å². The van der Waals surface area contributed by atoms with Gasteiger partial charge in [0.2, 0.25) is 5.91 Å². The molecule has 5 nitrogen and oxygen atoms in total. The Kier molecular flexibility index (Phi) is 10.5. The normalized spacial score (nSPS) is 16.0. The number of hydrogen-bond acceptors (Lipinski definition) is 2. The van der Waals surface area contributed by atoms with Gasteiger partial charge in [-0.25, -0.2) is 0 Å². The maximum Gasteiger partial charge on any atom is 0.222 e. The fourth-order valence-corrected chi connectivity index (χ4v) is 2.99. The van der Waals surface area contributed by atoms with Gasteiger partial charge in [-0.15, -0.1) is 24.0 Å². The molecule has 25 heavy (non-hydrogen) atoms. The quantitative estimate of drug-likeness (QED) is 0.334. The van der Waals surface area contributed by atoms with E-state index in [1.807, 2.05) is 25.1 Å². The van der Waals surface area contributed by atoms with Crippen molar-refractivity contribution < 1.29 is 4.79 Å². The van der Waals surface area contributed by atoms with E-state index in [-0.39, 0.29) is 35.9 Å². The minimum absolute atomic E-state index is 0. The predicted molar refractivity (Wildman–Crippen MR) is 114 cm³/mol. The van der Waals surface area contributed by atoms with Crippen LogP contribution in [0.25, 0.3) is 0 Å². The second-order valence-electron chi connectivity index (χ2n) is 6.34. The number of rotatable bonds is 7. The van der Waals surface area contributed by atoms with Gasteiger partial charge in [0.25, 0.3) is 0 Å². The standard InChI is InChI=1S/C19H30N4O.HI/c1-3-20-19(22-15(2)16-9-5-4-6-10-16)21-14-13-18(24)23-17-11-7-8-12-17;/h4-6,9-10,15,17H,3,7-8,11-14H2,1-2H3,(H,23,24)(H2,20,21,22);1H. The molecule has 0 radical (unpaired) electrons. The molecule has 0 heterocycles. The number of benzene rings is 1. The minimum Gasteiger partial charge on any atom is -0.357 e. The van der Waals surface area contributed by atoms with Gasteiger partial charge in [0.1, 0.15) is 0 Å². The van der Waals surface area contributed by atoms with Crippen LogP contribution in [0.4, 0.5) is 0 Å². The number of carbonyl (C=O) groups excluding carboxylic acids is 1. The Labute approximate surface area is 168 Å². The number of nitrogens with one attached hydrogen (secondary N) is 3. The van der Waals surface area contributed by atoms with E-state index in [0.717, 1.165) is 25.3 Å². The molecule has 1 aromatic rings. The number of halogens is 1. The Balaban J connectivity index is 0.00000312. The van der Waals surface area contributed by atoms with Crippen molar-refractivity contribution in [3.63, 3.8) is 0 Å². The molecule has 1 amide bonds. The first-order valence-electron chi connectivity index (χ1n) is 9.08. The molecule has 2 rings (SSSR count). The summed E-state index contributed by atoms with van der Waals surface area (Å²) < 4.78 is 0. The van der Waals surface area contributed by atoms with Gasteiger partial charge in [-0.1, -0.05) is 43.2 Å². The Morgan fingerprint density at radius 1 is 1.24 bits per heavy atom. The number of amides is 1. The molecule has 0 bridgehead atoms. The number of hydrogen-bond donors (Lipinski definition) is 3. The average molecular weight is 458 g/mol. The van der Waals surface area contributed by atoms with Crippen LogP contribution >= 0.6 is 24.0 Å². The molecule has 140 valence electrons. The maximum atomic E-state index is 12.0. The lowest BCUT2D eigenvalue weighted by Crippen LogP contribution is -2.39. The van der Waals surface area contributed by atoms with Crippen LogP contribution in [0.5, 0.6) is 0 Å². The summed E-state index contributed by atoms with van der Waals surface area (Å²) in [4.78, 5) is 16.5. The second kappa shape index (κ2) is 12.1. The molecule has 1 aliphatic carbocycles. The van der Waals surface area contributed by atoms with E-state index in [0.29, 0.717) is 19.0 Å². The Morgan fingerprint density at radius 2 is 1.92 bits per heavy atom. The predicted octanol–water partition coefficient (Wildman–Crippen LogP) is 3.37. The molecule has 1 atom stereocenters. The van der Waals surface area contributed by atoms with Crippen molar-refractivity contribution in [3.05, 3.63) is 35.9 Å². The van der Waals surface area contributed by atoms with E-state index in [9.17, 15) is 4.79 Å². The summed E-state index contributed by atoms with van der Waals surface area (Å²) in [6, 6.07) is 10.8. The fraction of sp³-hybridized carbons (Fsp3) is 0.579. The summed E-state index contributed by atoms with van der Waals surface area (Å²) in [5, 5.41) is 9.73. The topological polar surface area (TPSA) is 65.5 Å². The molecule has 0 saturated heterocycles. The summed E-state index contributed by atoms with van der Waals surface area (Å²) in [5.41, 5.74) is 1.21. The van der Waals surface area contributed by atoms with Crippen molar-refractivity contribution >= 4 is 35.8 Å². The van der Waals surface area contributed by atoms with Crippen LogP contribution in [-0.2, 0) is 4.79 Å². The van der Waals surface area contributed by atoms with E-state index < -0.39 is 0 Å². The van der Waals surface area contributed by atoms with Crippen molar-refractivity contribution in [1.29, 1.82) is 0 Å². The highest BCUT2D eigenvalue weighted by Gasteiger charge is 2.16. The third-order valence-corrected chi connectivity index (χ3v) is 4.33. The van der Waals surface area contributed by atoms with E-state index in [2.05, 4.69) is 40.0 Å². The third kappa shape index (κ3) is 8.07. The minimum atomic E-state index is 0. The molecule has 1 fully saturated rings. The summed E-state index contributed by atoms with van der Waals surface area (Å²) in [6.07, 6.45) is 5.14. The molecule has 6 heteroatoms. The highest BCUT2D eigenvalue weighted by Crippen LogP contribution is 2.17. The van der Waals surface area contributed by atoms with Crippen molar-refractivity contribution in [2.75, 3.05) is 13.1 Å². The molecule has 0 spiro atoms. The van der Waals surface area contributed by atoms with E-state index >= 15 is 0 Å². The molecule has 1 aromatic carbocycles. The van der Waals surface area contributed by atoms with Crippen molar-refractivity contribution in [3.8, 4) is 0 Å². The SMILES string of the molecule is CCNC(=NCCC(=O)NC1CCCC1)NC(C)c1ccccc1.I. The van der Waals surface area contributed by atoms with Crippen LogP contribution in [0, 0.1) is 0 Å². The van der Waals surface area contributed by atoms with Gasteiger partial charge in [-0.05, 0) is 32.3 Å². The molecule has 0 aromatic heterocycles. The summed E-state index contributed by atoms with van der Waals surface area (Å²) in [6.45, 7) is 5.43. The van der Waals surface area contributed by atoms with Crippen molar-refractivity contribution in [2.45, 2.75) is 58.0 Å². The zero-order valence-electron chi connectivity index (χ0n) is 15.3. The Morgan fingerprint density at radius 3 is 2.56 bits per heavy atom. The first-order valence-corrected chi connectivity index (χ1v) is 9.08. The third-order valence-electron chi connectivity index (χ3n) is 4.33. The number of nitrogens with zero attached hydrogens (tertiary/aromatic N) is 1. The number of aliphatic imine (C=N–C) groups is 1. The van der Waals surface area contributed by atoms with E-state index in [1.54, 1.807) is 0 Å². The van der Waals surface area contributed by atoms with E-state index in [1.165, 1.54) is 18.4 Å². The highest BCUT2D eigenvalue weighted by atomic mass is 127. The summed E-state index contributed by atoms with van der Waals surface area (Å²) in [5.74, 6) is 0.861. The maximum absolute atomic E-state index is 12.0. The van der Waals surface area contributed by atoms with Gasteiger partial charge in [0.05, 0.1) is 12.6 Å². The van der Waals surface area contributed by atoms with Gasteiger partial charge in [0, 0.05) is 19.0 Å². The number of guanidine groups is 1. The summed E-state index contributed by atoms with van der Waals surface area (Å²) >= 11 is 0. The first-order chi connectivity index (χ1) is 11.7. The van der Waals surface area contributed by atoms with Crippen LogP contribution in [0.3, 0.4) is 0 Å². The largest absolute Gasteiger partial charge is 0.357 e. The lowest BCUT2D eigenvalue weighted by molar-refractivity contribution is -0.121. The van der Waals surface area contributed by atoms with Crippen molar-refractivity contribution in [1.82, 2.24) is 16.0 Å². The van der Waals surface area contributed by atoms with Gasteiger partial charge < -0.3 is 16.0 Å². The zero-order chi connectivity index (χ0) is 17.2. The summed E-state index contributed by atoms with van der Waals surface area (Å²) in [7, 11) is 0. The smallest absolute Gasteiger partial charge is 0.222 e. The van der Waals surface area contributed by atoms with Crippen LogP contribution < -0.4 is 16.0 Å². The molecule has 1 unspecified atom stereocenters. The van der Waals surface area contributed by atoms with Gasteiger partial charge >= 0.3 is 0 Å². The highest BCUT2D eigenvalue weighted by molar-refractivity contribution is 14.0. The molecular weight excluding hydrogens is 427 g/mol. The molecule has 3 N–H and O–H groups in total. The molecule has 1 aliphatic rings. The van der Waals surface area contributed by atoms with Gasteiger partial charge in [-0.3, -0.25) is 9.79 Å². The van der Waals surface area contributed by atoms with Crippen LogP contribution in [0.15, 0.2) is 35.3 Å². The second-order valence-corrected chi connectivity index (χ2v) is 6.34. The molecular formula is C19H31IN4O. The van der Waals surface area contributed by atoms with Gasteiger partial charge in [-0.2, -0.15) is 0 Å². The Hall–Kier alpha value is -1.31. The van der Waals surface area contributed by atoms with E-state index in [4.69, 9.17) is 0 Å². The average Bonchev–Trinajstić information content (AvgIpc) is 3.08. The fourth-order valence-electron chi connectivity index (χ4n) is 2.99. The lowest BCUT2D eigenvalue weighted by atomic mass is 10.1. The molecule has 1 saturated carbocycles. The van der Waals surface area contributed by atoms with Crippen LogP contribution in [0.2, 0.25) is 0 Å². The van der Waals surface area contributed by atoms with Crippen LogP contribution in [0.1, 0.15) is 57.6 Å². The zero-order valence-corrected chi connectivity index (χ0v) is 17.6. The van der Waals surface area contributed by atoms with Crippen molar-refractivity contribution in [2.24, 2.45) is 4.99 Å². The van der Waals surface area contributed by atoms with Crippen LogP contribution in [-0.4, -0.2) is 31.0 Å². The first kappa shape index (κ1) is 21.7. The lowest BCUT2D eigenvalue weighted by Gasteiger charge is -2.18. The Bertz CT molecular complexity index is 529. The number of carbonyl (C=O) groups is 1. The monoisotopic (exact) mass is 458 g/mol. The molecule has 0 aliphatic heterocycles.